The summed E-state index contributed by atoms with van der Waals surface area (Å²) in [6.07, 6.45) is 4.76. The number of pyridine rings is 1. The lowest BCUT2D eigenvalue weighted by molar-refractivity contribution is -0.143. The Bertz CT molecular complexity index is 1170. The van der Waals surface area contributed by atoms with Crippen LogP contribution in [0.5, 0.6) is 5.75 Å². The smallest absolute Gasteiger partial charge is 0.306 e. The largest absolute Gasteiger partial charge is 0.488 e. The summed E-state index contributed by atoms with van der Waals surface area (Å²) in [5.41, 5.74) is 2.35. The van der Waals surface area contributed by atoms with Gasteiger partial charge in [-0.15, -0.1) is 11.3 Å². The van der Waals surface area contributed by atoms with Gasteiger partial charge in [0.2, 0.25) is 6.41 Å². The highest BCUT2D eigenvalue weighted by Crippen LogP contribution is 2.19. The minimum atomic E-state index is -0.673. The Kier molecular flexibility index (Phi) is 10.9. The molecule has 4 rings (SSSR count). The molecular formula is C28H35N3O5S. The van der Waals surface area contributed by atoms with Crippen molar-refractivity contribution in [3.05, 3.63) is 86.5 Å². The number of thiophene rings is 1. The van der Waals surface area contributed by atoms with E-state index in [1.165, 1.54) is 16.0 Å². The number of piperidine rings is 1. The van der Waals surface area contributed by atoms with E-state index in [-0.39, 0.29) is 11.5 Å². The number of aryl methyl sites for hydroxylation is 2. The Labute approximate surface area is 221 Å². The first-order chi connectivity index (χ1) is 17.8. The second-order valence-corrected chi connectivity index (χ2v) is 10.3. The van der Waals surface area contributed by atoms with Crippen LogP contribution in [0.1, 0.15) is 28.8 Å². The van der Waals surface area contributed by atoms with Crippen LogP contribution in [0.25, 0.3) is 0 Å². The molecule has 0 aliphatic carbocycles. The summed E-state index contributed by atoms with van der Waals surface area (Å²) in [6.45, 7) is 3.60. The van der Waals surface area contributed by atoms with Crippen molar-refractivity contribution in [2.75, 3.05) is 27.2 Å². The molecule has 0 atom stereocenters. The fourth-order valence-corrected chi connectivity index (χ4v) is 4.59. The van der Waals surface area contributed by atoms with E-state index in [0.29, 0.717) is 18.9 Å². The molecule has 1 fully saturated rings. The molecule has 1 amide bonds. The third-order valence-corrected chi connectivity index (χ3v) is 7.00. The molecule has 198 valence electrons. The van der Waals surface area contributed by atoms with Crippen LogP contribution in [0, 0.1) is 5.92 Å². The minimum Gasteiger partial charge on any atom is -0.488 e. The first-order valence-electron chi connectivity index (χ1n) is 12.3. The van der Waals surface area contributed by atoms with E-state index in [0.717, 1.165) is 50.2 Å². The first-order valence-corrected chi connectivity index (χ1v) is 13.2. The van der Waals surface area contributed by atoms with Gasteiger partial charge in [0.05, 0.1) is 5.92 Å². The number of nitrogens with zero attached hydrogens (tertiary/aromatic N) is 3. The molecule has 1 aliphatic heterocycles. The number of amides is 1. The van der Waals surface area contributed by atoms with Crippen molar-refractivity contribution in [1.29, 1.82) is 0 Å². The molecule has 0 unspecified atom stereocenters. The van der Waals surface area contributed by atoms with Crippen LogP contribution in [0.15, 0.2) is 64.9 Å². The van der Waals surface area contributed by atoms with Gasteiger partial charge in [0, 0.05) is 44.3 Å². The predicted molar refractivity (Wildman–Crippen MR) is 145 cm³/mol. The van der Waals surface area contributed by atoms with Gasteiger partial charge in [-0.25, -0.2) is 0 Å². The van der Waals surface area contributed by atoms with Crippen LogP contribution in [-0.2, 0) is 35.7 Å². The number of aromatic nitrogens is 1. The Balaban J connectivity index is 0.000000695. The Morgan fingerprint density at radius 3 is 2.38 bits per heavy atom. The number of likely N-dealkylation sites (tertiary alicyclic amines) is 1. The number of carbonyl (C=O) groups excluding carboxylic acids is 1. The van der Waals surface area contributed by atoms with Gasteiger partial charge in [0.25, 0.3) is 5.56 Å². The topological polar surface area (TPSA) is 92.1 Å². The van der Waals surface area contributed by atoms with Crippen LogP contribution in [0.4, 0.5) is 0 Å². The second kappa shape index (κ2) is 14.3. The number of carboxylic acid groups (broad SMARTS) is 1. The molecule has 1 aliphatic rings. The second-order valence-electron chi connectivity index (χ2n) is 9.29. The predicted octanol–water partition coefficient (Wildman–Crippen LogP) is 3.73. The highest BCUT2D eigenvalue weighted by molar-refractivity contribution is 7.09. The van der Waals surface area contributed by atoms with Crippen LogP contribution >= 0.6 is 11.3 Å². The zero-order valence-electron chi connectivity index (χ0n) is 21.4. The SMILES string of the molecule is CN(C)C=O.O=C(O)C1CCN(Cc2ccc(CCn3ccc(OCc4cccs4)cc3=O)cc2)CC1. The number of hydrogen-bond donors (Lipinski definition) is 1. The fourth-order valence-electron chi connectivity index (χ4n) is 3.97. The summed E-state index contributed by atoms with van der Waals surface area (Å²) in [5, 5.41) is 11.1. The molecule has 1 aromatic carbocycles. The van der Waals surface area contributed by atoms with E-state index >= 15 is 0 Å². The van der Waals surface area contributed by atoms with Crippen molar-refractivity contribution in [3.63, 3.8) is 0 Å². The normalized spacial score (nSPS) is 13.9. The average Bonchev–Trinajstić information content (AvgIpc) is 3.42. The van der Waals surface area contributed by atoms with Gasteiger partial charge >= 0.3 is 5.97 Å². The molecule has 1 N–H and O–H groups in total. The Morgan fingerprint density at radius 2 is 1.81 bits per heavy atom. The lowest BCUT2D eigenvalue weighted by atomic mass is 9.96. The molecule has 37 heavy (non-hydrogen) atoms. The first kappa shape index (κ1) is 28.1. The van der Waals surface area contributed by atoms with Crippen molar-refractivity contribution < 1.29 is 19.4 Å². The Morgan fingerprint density at radius 1 is 1.14 bits per heavy atom. The number of hydrogen-bond acceptors (Lipinski definition) is 6. The van der Waals surface area contributed by atoms with E-state index in [9.17, 15) is 14.4 Å². The number of aliphatic carboxylic acids is 1. The highest BCUT2D eigenvalue weighted by Gasteiger charge is 2.24. The highest BCUT2D eigenvalue weighted by atomic mass is 32.1. The fraction of sp³-hybridized carbons (Fsp3) is 0.393. The molecule has 8 nitrogen and oxygen atoms in total. The van der Waals surface area contributed by atoms with Gasteiger partial charge < -0.3 is 19.3 Å². The zero-order valence-corrected chi connectivity index (χ0v) is 22.2. The quantitative estimate of drug-likeness (QED) is 0.406. The summed E-state index contributed by atoms with van der Waals surface area (Å²) in [6, 6.07) is 15.9. The van der Waals surface area contributed by atoms with E-state index in [1.807, 2.05) is 23.6 Å². The van der Waals surface area contributed by atoms with Crippen molar-refractivity contribution >= 4 is 23.7 Å². The molecule has 3 aromatic rings. The number of carboxylic acids is 1. The monoisotopic (exact) mass is 525 g/mol. The average molecular weight is 526 g/mol. The molecular weight excluding hydrogens is 490 g/mol. The number of rotatable bonds is 10. The van der Waals surface area contributed by atoms with E-state index in [4.69, 9.17) is 9.84 Å². The molecule has 0 saturated carbocycles. The summed E-state index contributed by atoms with van der Waals surface area (Å²) < 4.78 is 7.41. The number of carbonyl (C=O) groups is 2. The van der Waals surface area contributed by atoms with Crippen LogP contribution in [0.3, 0.4) is 0 Å². The third kappa shape index (κ3) is 9.51. The van der Waals surface area contributed by atoms with Gasteiger partial charge in [-0.3, -0.25) is 19.3 Å². The maximum Gasteiger partial charge on any atom is 0.306 e. The molecule has 0 bridgehead atoms. The van der Waals surface area contributed by atoms with Crippen molar-refractivity contribution in [3.8, 4) is 5.75 Å². The molecule has 0 radical (unpaired) electrons. The maximum absolute atomic E-state index is 12.4. The Hall–Kier alpha value is -3.43. The zero-order chi connectivity index (χ0) is 26.6. The lowest BCUT2D eigenvalue weighted by Gasteiger charge is -2.30. The summed E-state index contributed by atoms with van der Waals surface area (Å²) in [5.74, 6) is -0.274. The van der Waals surface area contributed by atoms with Gasteiger partial charge in [0.1, 0.15) is 12.4 Å². The molecule has 1 saturated heterocycles. The number of benzene rings is 1. The van der Waals surface area contributed by atoms with E-state index < -0.39 is 5.97 Å². The standard InChI is InChI=1S/C25H28N2O4S.C3H7NO/c28-24-16-22(31-18-23-2-1-15-32-23)10-14-27(24)13-7-19-3-5-20(6-4-19)17-26-11-8-21(9-12-26)25(29)30;1-4(2)3-5/h1-6,10,14-16,21H,7-9,11-13,17-18H2,(H,29,30);3H,1-2H3. The van der Waals surface area contributed by atoms with Gasteiger partial charge in [-0.05, 0) is 61.0 Å². The van der Waals surface area contributed by atoms with Crippen LogP contribution in [-0.4, -0.2) is 59.0 Å². The molecule has 3 heterocycles. The van der Waals surface area contributed by atoms with Crippen LogP contribution < -0.4 is 10.3 Å². The van der Waals surface area contributed by atoms with Crippen molar-refractivity contribution in [1.82, 2.24) is 14.4 Å². The third-order valence-electron chi connectivity index (χ3n) is 6.15. The van der Waals surface area contributed by atoms with Gasteiger partial charge in [0.15, 0.2) is 0 Å². The van der Waals surface area contributed by atoms with Crippen molar-refractivity contribution in [2.45, 2.75) is 39.0 Å². The summed E-state index contributed by atoms with van der Waals surface area (Å²) in [4.78, 5) is 37.8. The van der Waals surface area contributed by atoms with Gasteiger partial charge in [-0.1, -0.05) is 30.3 Å². The van der Waals surface area contributed by atoms with Crippen molar-refractivity contribution in [2.24, 2.45) is 5.92 Å². The van der Waals surface area contributed by atoms with E-state index in [1.54, 1.807) is 42.3 Å². The molecule has 0 spiro atoms. The summed E-state index contributed by atoms with van der Waals surface area (Å²) in [7, 11) is 3.38. The molecule has 2 aromatic heterocycles. The van der Waals surface area contributed by atoms with Gasteiger partial charge in [-0.2, -0.15) is 0 Å². The number of ether oxygens (including phenoxy) is 1. The van der Waals surface area contributed by atoms with Crippen LogP contribution in [0.2, 0.25) is 0 Å². The lowest BCUT2D eigenvalue weighted by Crippen LogP contribution is -2.35. The maximum atomic E-state index is 12.4. The minimum absolute atomic E-state index is 0.0601. The van der Waals surface area contributed by atoms with E-state index in [2.05, 4.69) is 29.2 Å². The molecule has 9 heteroatoms. The summed E-state index contributed by atoms with van der Waals surface area (Å²) >= 11 is 1.63.